The minimum atomic E-state index is -4.29. The van der Waals surface area contributed by atoms with E-state index in [9.17, 15) is 13.2 Å². The Balaban J connectivity index is 1.14. The molecule has 1 aromatic carbocycles. The summed E-state index contributed by atoms with van der Waals surface area (Å²) < 4.78 is 45.1. The second kappa shape index (κ2) is 6.21. The van der Waals surface area contributed by atoms with Crippen molar-refractivity contribution in [1.82, 2.24) is 0 Å². The highest BCUT2D eigenvalue weighted by Crippen LogP contribution is 2.64. The quantitative estimate of drug-likeness (QED) is 0.519. The van der Waals surface area contributed by atoms with E-state index in [1.165, 1.54) is 44.2 Å². The van der Waals surface area contributed by atoms with Crippen molar-refractivity contribution in [1.29, 1.82) is 0 Å². The van der Waals surface area contributed by atoms with Crippen LogP contribution in [0.1, 0.15) is 74.8 Å². The topological polar surface area (TPSA) is 27.7 Å². The van der Waals surface area contributed by atoms with Crippen molar-refractivity contribution in [3.05, 3.63) is 35.4 Å². The maximum Gasteiger partial charge on any atom is 0.416 e. The van der Waals surface area contributed by atoms with Crippen molar-refractivity contribution < 1.29 is 27.7 Å². The van der Waals surface area contributed by atoms with Crippen molar-refractivity contribution in [2.75, 3.05) is 0 Å². The van der Waals surface area contributed by atoms with E-state index >= 15 is 0 Å². The lowest BCUT2D eigenvalue weighted by Gasteiger charge is -2.57. The molecule has 1 heterocycles. The molecule has 5 aliphatic carbocycles. The summed E-state index contributed by atoms with van der Waals surface area (Å²) in [7, 11) is 0. The van der Waals surface area contributed by atoms with Gasteiger partial charge in [0.1, 0.15) is 0 Å². The van der Waals surface area contributed by atoms with Crippen molar-refractivity contribution in [3.8, 4) is 0 Å². The fourth-order valence-corrected chi connectivity index (χ4v) is 7.13. The van der Waals surface area contributed by atoms with Gasteiger partial charge in [0.05, 0.1) is 5.56 Å². The van der Waals surface area contributed by atoms with Gasteiger partial charge in [-0.1, -0.05) is 12.1 Å². The van der Waals surface area contributed by atoms with Crippen LogP contribution in [0, 0.1) is 23.7 Å². The van der Waals surface area contributed by atoms with Crippen LogP contribution in [0.3, 0.4) is 0 Å². The average molecular weight is 408 g/mol. The van der Waals surface area contributed by atoms with Gasteiger partial charge in [-0.2, -0.15) is 22.9 Å². The number of hydrogen-bond donors (Lipinski definition) is 0. The largest absolute Gasteiger partial charge is 0.416 e. The lowest BCUT2D eigenvalue weighted by Crippen LogP contribution is -2.59. The first-order valence-corrected chi connectivity index (χ1v) is 11.1. The predicted octanol–water partition coefficient (Wildman–Crippen LogP) is 6.19. The minimum absolute atomic E-state index is 0.241. The molecule has 6 heteroatoms. The summed E-state index contributed by atoms with van der Waals surface area (Å²) in [5, 5.41) is 0. The Morgan fingerprint density at radius 1 is 0.793 bits per heavy atom. The molecule has 1 saturated heterocycles. The molecular weight excluding hydrogens is 381 g/mol. The lowest BCUT2D eigenvalue weighted by atomic mass is 9.53. The standard InChI is InChI=1S/C23H27F3O3/c24-23(25,26)18-3-1-16(2-4-18)17-5-7-21(8-6-17)27-22(29-28-21)19-10-14-9-15(12-19)13-20(22)11-14/h1-4,14-15,17,19-20H,5-13H2. The van der Waals surface area contributed by atoms with E-state index in [0.29, 0.717) is 11.8 Å². The molecule has 29 heavy (non-hydrogen) atoms. The number of rotatable bonds is 1. The zero-order valence-electron chi connectivity index (χ0n) is 16.4. The highest BCUT2D eigenvalue weighted by molar-refractivity contribution is 5.27. The van der Waals surface area contributed by atoms with Gasteiger partial charge in [0.2, 0.25) is 11.6 Å². The number of ether oxygens (including phenoxy) is 1. The van der Waals surface area contributed by atoms with Gasteiger partial charge in [0, 0.05) is 24.7 Å². The molecule has 158 valence electrons. The van der Waals surface area contributed by atoms with E-state index in [1.54, 1.807) is 12.1 Å². The first kappa shape index (κ1) is 18.6. The highest BCUT2D eigenvalue weighted by Gasteiger charge is 2.66. The van der Waals surface area contributed by atoms with Gasteiger partial charge in [-0.3, -0.25) is 0 Å². The molecule has 6 fully saturated rings. The van der Waals surface area contributed by atoms with Crippen LogP contribution in [0.15, 0.2) is 24.3 Å². The Hall–Kier alpha value is -1.11. The molecule has 1 aliphatic heterocycles. The molecule has 0 amide bonds. The zero-order chi connectivity index (χ0) is 19.9. The zero-order valence-corrected chi connectivity index (χ0v) is 16.4. The van der Waals surface area contributed by atoms with Crippen molar-refractivity contribution >= 4 is 0 Å². The lowest BCUT2D eigenvalue weighted by molar-refractivity contribution is -0.390. The van der Waals surface area contributed by atoms with E-state index in [0.717, 1.165) is 43.1 Å². The summed E-state index contributed by atoms with van der Waals surface area (Å²) in [5.74, 6) is 1.60. The number of benzene rings is 1. The SMILES string of the molecule is FC(F)(F)c1ccc(C2CCC3(CC2)OOC2(O3)C3CC4CC(C3)CC2C4)cc1. The molecule has 7 rings (SSSR count). The summed E-state index contributed by atoms with van der Waals surface area (Å²) in [5.41, 5.74) is 0.379. The second-order valence-electron chi connectivity index (χ2n) is 10.1. The normalized spacial score (nSPS) is 46.1. The molecule has 6 aliphatic rings. The molecular formula is C23H27F3O3. The van der Waals surface area contributed by atoms with Crippen LogP contribution in [0.2, 0.25) is 0 Å². The smallest absolute Gasteiger partial charge is 0.312 e. The Labute approximate surface area is 168 Å². The molecule has 0 unspecified atom stereocenters. The van der Waals surface area contributed by atoms with Gasteiger partial charge in [-0.15, -0.1) is 0 Å². The van der Waals surface area contributed by atoms with Crippen LogP contribution in [-0.2, 0) is 20.7 Å². The van der Waals surface area contributed by atoms with Gasteiger partial charge in [-0.25, -0.2) is 0 Å². The second-order valence-corrected chi connectivity index (χ2v) is 10.1. The summed E-state index contributed by atoms with van der Waals surface area (Å²) in [6, 6.07) is 5.62. The Morgan fingerprint density at radius 2 is 1.38 bits per heavy atom. The fraction of sp³-hybridized carbons (Fsp3) is 0.739. The Bertz CT molecular complexity index is 752. The molecule has 0 atom stereocenters. The van der Waals surface area contributed by atoms with Gasteiger partial charge in [-0.05, 0) is 80.4 Å². The first-order valence-electron chi connectivity index (χ1n) is 11.1. The molecule has 0 aromatic heterocycles. The number of halogens is 3. The van der Waals surface area contributed by atoms with E-state index in [4.69, 9.17) is 14.5 Å². The third-order valence-electron chi connectivity index (χ3n) is 8.40. The molecule has 3 nitrogen and oxygen atoms in total. The van der Waals surface area contributed by atoms with Crippen LogP contribution >= 0.6 is 0 Å². The fourth-order valence-electron chi connectivity index (χ4n) is 7.13. The van der Waals surface area contributed by atoms with Crippen LogP contribution in [0.25, 0.3) is 0 Å². The Kier molecular flexibility index (Phi) is 3.99. The molecule has 4 bridgehead atoms. The first-order chi connectivity index (χ1) is 13.9. The summed E-state index contributed by atoms with van der Waals surface area (Å²) in [6.45, 7) is 0. The minimum Gasteiger partial charge on any atom is -0.312 e. The van der Waals surface area contributed by atoms with E-state index < -0.39 is 23.3 Å². The van der Waals surface area contributed by atoms with Gasteiger partial charge >= 0.3 is 6.18 Å². The van der Waals surface area contributed by atoms with Crippen LogP contribution < -0.4 is 0 Å². The van der Waals surface area contributed by atoms with Gasteiger partial charge < -0.3 is 4.74 Å². The molecule has 0 N–H and O–H groups in total. The van der Waals surface area contributed by atoms with Crippen LogP contribution in [0.4, 0.5) is 13.2 Å². The van der Waals surface area contributed by atoms with Gasteiger partial charge in [0.15, 0.2) is 0 Å². The molecule has 5 saturated carbocycles. The summed E-state index contributed by atoms with van der Waals surface area (Å²) in [4.78, 5) is 12.0. The van der Waals surface area contributed by atoms with E-state index in [-0.39, 0.29) is 5.92 Å². The Morgan fingerprint density at radius 3 is 1.93 bits per heavy atom. The third-order valence-corrected chi connectivity index (χ3v) is 8.40. The molecule has 1 aromatic rings. The summed E-state index contributed by atoms with van der Waals surface area (Å²) >= 11 is 0. The molecule has 0 radical (unpaired) electrons. The van der Waals surface area contributed by atoms with Gasteiger partial charge in [0.25, 0.3) is 0 Å². The van der Waals surface area contributed by atoms with E-state index in [2.05, 4.69) is 0 Å². The average Bonchev–Trinajstić information content (AvgIpc) is 3.06. The third kappa shape index (κ3) is 2.89. The maximum absolute atomic E-state index is 12.8. The van der Waals surface area contributed by atoms with E-state index in [1.807, 2.05) is 0 Å². The van der Waals surface area contributed by atoms with Crippen LogP contribution in [-0.4, -0.2) is 11.6 Å². The monoisotopic (exact) mass is 408 g/mol. The number of hydrogen-bond acceptors (Lipinski definition) is 3. The highest BCUT2D eigenvalue weighted by atomic mass is 19.4. The summed E-state index contributed by atoms with van der Waals surface area (Å²) in [6.07, 6.45) is 5.01. The number of alkyl halides is 3. The van der Waals surface area contributed by atoms with Crippen molar-refractivity contribution in [2.24, 2.45) is 23.7 Å². The maximum atomic E-state index is 12.8. The van der Waals surface area contributed by atoms with Crippen LogP contribution in [0.5, 0.6) is 0 Å². The predicted molar refractivity (Wildman–Crippen MR) is 98.4 cm³/mol. The van der Waals surface area contributed by atoms with Crippen molar-refractivity contribution in [2.45, 2.75) is 81.5 Å². The van der Waals surface area contributed by atoms with Crippen molar-refractivity contribution in [3.63, 3.8) is 0 Å². The molecule has 2 spiro atoms.